The zero-order chi connectivity index (χ0) is 20.4. The fraction of sp³-hybridized carbons (Fsp3) is 0.304. The van der Waals surface area contributed by atoms with Gasteiger partial charge in [-0.2, -0.15) is 0 Å². The van der Waals surface area contributed by atoms with Crippen molar-refractivity contribution in [3.8, 4) is 11.5 Å². The number of aromatic hydroxyl groups is 1. The number of benzene rings is 2. The van der Waals surface area contributed by atoms with Crippen LogP contribution in [0.25, 0.3) is 0 Å². The summed E-state index contributed by atoms with van der Waals surface area (Å²) in [7, 11) is 0. The molecule has 0 aliphatic carbocycles. The van der Waals surface area contributed by atoms with Crippen LogP contribution >= 0.6 is 0 Å². The Balaban J connectivity index is 1.55. The molecule has 0 aromatic heterocycles. The second-order valence-corrected chi connectivity index (χ2v) is 7.65. The SMILES string of the molecule is C=CC(=O)Nc1ccc(O)c(C(=O)N2CCCC3(CCc4ccccc4O3)C2)c1. The molecule has 1 fully saturated rings. The number of ether oxygens (including phenoxy) is 1. The second kappa shape index (κ2) is 7.62. The van der Waals surface area contributed by atoms with Gasteiger partial charge in [0.1, 0.15) is 17.1 Å². The Morgan fingerprint density at radius 2 is 2.03 bits per heavy atom. The number of nitrogens with one attached hydrogen (secondary N) is 1. The summed E-state index contributed by atoms with van der Waals surface area (Å²) in [4.78, 5) is 26.5. The Morgan fingerprint density at radius 1 is 1.21 bits per heavy atom. The number of rotatable bonds is 3. The molecule has 1 saturated heterocycles. The van der Waals surface area contributed by atoms with Crippen LogP contribution in [0.4, 0.5) is 5.69 Å². The second-order valence-electron chi connectivity index (χ2n) is 7.65. The Kier molecular flexibility index (Phi) is 5.01. The van der Waals surface area contributed by atoms with Crippen molar-refractivity contribution < 1.29 is 19.4 Å². The number of phenols is 1. The minimum Gasteiger partial charge on any atom is -0.507 e. The molecule has 1 unspecified atom stereocenters. The molecular weight excluding hydrogens is 368 g/mol. The van der Waals surface area contributed by atoms with Crippen molar-refractivity contribution in [3.63, 3.8) is 0 Å². The molecule has 2 aromatic rings. The van der Waals surface area contributed by atoms with Crippen LogP contribution in [0.5, 0.6) is 11.5 Å². The number of likely N-dealkylation sites (tertiary alicyclic amines) is 1. The van der Waals surface area contributed by atoms with Gasteiger partial charge in [-0.05, 0) is 61.6 Å². The van der Waals surface area contributed by atoms with E-state index in [0.717, 1.165) is 37.5 Å². The van der Waals surface area contributed by atoms with Gasteiger partial charge in [-0.15, -0.1) is 0 Å². The molecule has 2 aliphatic heterocycles. The molecule has 2 amide bonds. The Hall–Kier alpha value is -3.28. The van der Waals surface area contributed by atoms with Gasteiger partial charge >= 0.3 is 0 Å². The zero-order valence-electron chi connectivity index (χ0n) is 16.2. The standard InChI is InChI=1S/C23H24N2O4/c1-2-21(27)24-17-8-9-19(26)18(14-17)22(28)25-13-5-11-23(15-25)12-10-16-6-3-4-7-20(16)29-23/h2-4,6-9,14,26H,1,5,10-13,15H2,(H,24,27). The third-order valence-electron chi connectivity index (χ3n) is 5.66. The van der Waals surface area contributed by atoms with Crippen molar-refractivity contribution in [2.45, 2.75) is 31.3 Å². The third kappa shape index (κ3) is 3.83. The van der Waals surface area contributed by atoms with E-state index >= 15 is 0 Å². The number of carbonyl (C=O) groups excluding carboxylic acids is 2. The summed E-state index contributed by atoms with van der Waals surface area (Å²) in [6, 6.07) is 12.5. The lowest BCUT2D eigenvalue weighted by Crippen LogP contribution is -2.54. The lowest BCUT2D eigenvalue weighted by molar-refractivity contribution is -0.111. The maximum absolute atomic E-state index is 13.2. The number of para-hydroxylation sites is 1. The molecule has 1 spiro atoms. The number of nitrogens with zero attached hydrogens (tertiary/aromatic N) is 1. The van der Waals surface area contributed by atoms with E-state index in [1.54, 1.807) is 11.0 Å². The van der Waals surface area contributed by atoms with Crippen LogP contribution in [0.2, 0.25) is 0 Å². The predicted molar refractivity (Wildman–Crippen MR) is 110 cm³/mol. The van der Waals surface area contributed by atoms with Crippen molar-refractivity contribution in [1.29, 1.82) is 0 Å². The highest BCUT2D eigenvalue weighted by molar-refractivity contribution is 6.02. The monoisotopic (exact) mass is 392 g/mol. The van der Waals surface area contributed by atoms with Crippen LogP contribution in [-0.4, -0.2) is 40.5 Å². The number of fused-ring (bicyclic) bond motifs is 1. The molecular formula is C23H24N2O4. The molecule has 150 valence electrons. The molecule has 4 rings (SSSR count). The molecule has 6 heteroatoms. The first kappa shape index (κ1) is 19.1. The third-order valence-corrected chi connectivity index (χ3v) is 5.66. The molecule has 2 aromatic carbocycles. The van der Waals surface area contributed by atoms with Crippen molar-refractivity contribution in [3.05, 3.63) is 66.2 Å². The van der Waals surface area contributed by atoms with Gasteiger partial charge in [0.2, 0.25) is 5.91 Å². The Bertz CT molecular complexity index is 971. The summed E-state index contributed by atoms with van der Waals surface area (Å²) in [6.07, 6.45) is 4.66. The van der Waals surface area contributed by atoms with Gasteiger partial charge in [-0.1, -0.05) is 24.8 Å². The first-order chi connectivity index (χ1) is 14.0. The van der Waals surface area contributed by atoms with Gasteiger partial charge in [0.05, 0.1) is 12.1 Å². The summed E-state index contributed by atoms with van der Waals surface area (Å²) in [5, 5.41) is 12.9. The fourth-order valence-corrected chi connectivity index (χ4v) is 4.16. The van der Waals surface area contributed by atoms with Crippen molar-refractivity contribution in [2.75, 3.05) is 18.4 Å². The van der Waals surface area contributed by atoms with Crippen molar-refractivity contribution >= 4 is 17.5 Å². The highest BCUT2D eigenvalue weighted by Gasteiger charge is 2.42. The van der Waals surface area contributed by atoms with E-state index in [4.69, 9.17) is 4.74 Å². The molecule has 29 heavy (non-hydrogen) atoms. The predicted octanol–water partition coefficient (Wildman–Crippen LogP) is 3.52. The number of aryl methyl sites for hydroxylation is 1. The first-order valence-corrected chi connectivity index (χ1v) is 9.82. The van der Waals surface area contributed by atoms with E-state index in [1.165, 1.54) is 17.7 Å². The van der Waals surface area contributed by atoms with E-state index in [2.05, 4.69) is 18.0 Å². The first-order valence-electron chi connectivity index (χ1n) is 9.82. The summed E-state index contributed by atoms with van der Waals surface area (Å²) >= 11 is 0. The van der Waals surface area contributed by atoms with E-state index in [9.17, 15) is 14.7 Å². The molecule has 0 bridgehead atoms. The van der Waals surface area contributed by atoms with Crippen LogP contribution in [0.1, 0.15) is 35.2 Å². The van der Waals surface area contributed by atoms with Gasteiger partial charge in [0.25, 0.3) is 5.91 Å². The Morgan fingerprint density at radius 3 is 2.86 bits per heavy atom. The summed E-state index contributed by atoms with van der Waals surface area (Å²) in [5.41, 5.74) is 1.41. The highest BCUT2D eigenvalue weighted by Crippen LogP contribution is 2.39. The molecule has 0 radical (unpaired) electrons. The number of hydrogen-bond donors (Lipinski definition) is 2. The zero-order valence-corrected chi connectivity index (χ0v) is 16.2. The van der Waals surface area contributed by atoms with Gasteiger partial charge in [-0.3, -0.25) is 9.59 Å². The van der Waals surface area contributed by atoms with Crippen molar-refractivity contribution in [1.82, 2.24) is 4.90 Å². The molecule has 2 heterocycles. The molecule has 0 saturated carbocycles. The normalized spacial score (nSPS) is 20.5. The van der Waals surface area contributed by atoms with Crippen LogP contribution in [-0.2, 0) is 11.2 Å². The topological polar surface area (TPSA) is 78.9 Å². The Labute approximate surface area is 169 Å². The molecule has 1 atom stereocenters. The molecule has 2 N–H and O–H groups in total. The average molecular weight is 392 g/mol. The molecule has 6 nitrogen and oxygen atoms in total. The number of anilines is 1. The highest BCUT2D eigenvalue weighted by atomic mass is 16.5. The van der Waals surface area contributed by atoms with E-state index in [-0.39, 0.29) is 23.1 Å². The van der Waals surface area contributed by atoms with Gasteiger partial charge in [0, 0.05) is 12.2 Å². The maximum Gasteiger partial charge on any atom is 0.257 e. The number of piperidine rings is 1. The van der Waals surface area contributed by atoms with Crippen LogP contribution in [0, 0.1) is 0 Å². The largest absolute Gasteiger partial charge is 0.507 e. The quantitative estimate of drug-likeness (QED) is 0.619. The smallest absolute Gasteiger partial charge is 0.257 e. The maximum atomic E-state index is 13.2. The van der Waals surface area contributed by atoms with E-state index in [0.29, 0.717) is 18.8 Å². The number of amides is 2. The minimum absolute atomic E-state index is 0.110. The number of hydrogen-bond acceptors (Lipinski definition) is 4. The molecule has 2 aliphatic rings. The van der Waals surface area contributed by atoms with Crippen LogP contribution in [0.3, 0.4) is 0 Å². The number of carbonyl (C=O) groups is 2. The number of phenolic OH excluding ortho intramolecular Hbond substituents is 1. The van der Waals surface area contributed by atoms with Gasteiger partial charge < -0.3 is 20.1 Å². The van der Waals surface area contributed by atoms with Gasteiger partial charge in [0.15, 0.2) is 0 Å². The lowest BCUT2D eigenvalue weighted by atomic mass is 9.84. The average Bonchev–Trinajstić information content (AvgIpc) is 2.74. The minimum atomic E-state index is -0.396. The lowest BCUT2D eigenvalue weighted by Gasteiger charge is -2.45. The summed E-state index contributed by atoms with van der Waals surface area (Å²) in [6.45, 7) is 4.50. The van der Waals surface area contributed by atoms with Crippen LogP contribution < -0.4 is 10.1 Å². The van der Waals surface area contributed by atoms with Gasteiger partial charge in [-0.25, -0.2) is 0 Å². The van der Waals surface area contributed by atoms with E-state index < -0.39 is 5.60 Å². The summed E-state index contributed by atoms with van der Waals surface area (Å²) < 4.78 is 6.37. The summed E-state index contributed by atoms with van der Waals surface area (Å²) in [5.74, 6) is 0.144. The fourth-order valence-electron chi connectivity index (χ4n) is 4.16. The van der Waals surface area contributed by atoms with E-state index in [1.807, 2.05) is 18.2 Å². The van der Waals surface area contributed by atoms with Crippen LogP contribution in [0.15, 0.2) is 55.1 Å². The van der Waals surface area contributed by atoms with Crippen molar-refractivity contribution in [2.24, 2.45) is 0 Å².